The van der Waals surface area contributed by atoms with Gasteiger partial charge in [0.1, 0.15) is 30.5 Å². The molecule has 0 aliphatic heterocycles. The topological polar surface area (TPSA) is 68.8 Å². The number of amides is 1. The fourth-order valence-corrected chi connectivity index (χ4v) is 3.11. The van der Waals surface area contributed by atoms with E-state index in [0.717, 1.165) is 30.0 Å². The maximum absolute atomic E-state index is 12.6. The number of carbonyl (C=O) groups is 1. The van der Waals surface area contributed by atoms with E-state index in [1.807, 2.05) is 54.6 Å². The van der Waals surface area contributed by atoms with Crippen molar-refractivity contribution in [2.24, 2.45) is 0 Å². The molecule has 0 unspecified atom stereocenters. The summed E-state index contributed by atoms with van der Waals surface area (Å²) in [6.45, 7) is 3.54. The van der Waals surface area contributed by atoms with E-state index in [2.05, 4.69) is 17.6 Å². The summed E-state index contributed by atoms with van der Waals surface area (Å²) >= 11 is 5.30. The number of para-hydroxylation sites is 1. The summed E-state index contributed by atoms with van der Waals surface area (Å²) in [7, 11) is 0. The number of nitrogens with one attached hydrogen (secondary N) is 2. The van der Waals surface area contributed by atoms with Crippen molar-refractivity contribution in [2.45, 2.75) is 19.8 Å². The van der Waals surface area contributed by atoms with Crippen molar-refractivity contribution < 1.29 is 19.0 Å². The highest BCUT2D eigenvalue weighted by molar-refractivity contribution is 7.80. The Labute approximate surface area is 199 Å². The van der Waals surface area contributed by atoms with E-state index in [1.54, 1.807) is 24.3 Å². The fourth-order valence-electron chi connectivity index (χ4n) is 2.90. The highest BCUT2D eigenvalue weighted by Crippen LogP contribution is 2.18. The van der Waals surface area contributed by atoms with Gasteiger partial charge in [-0.05, 0) is 61.1 Å². The lowest BCUT2D eigenvalue weighted by atomic mass is 10.2. The predicted octanol–water partition coefficient (Wildman–Crippen LogP) is 5.45. The molecule has 0 aromatic heterocycles. The van der Waals surface area contributed by atoms with Crippen LogP contribution in [0.1, 0.15) is 30.1 Å². The Morgan fingerprint density at radius 1 is 0.788 bits per heavy atom. The lowest BCUT2D eigenvalue weighted by Crippen LogP contribution is -2.34. The summed E-state index contributed by atoms with van der Waals surface area (Å²) in [5.41, 5.74) is 1.18. The van der Waals surface area contributed by atoms with E-state index >= 15 is 0 Å². The zero-order chi connectivity index (χ0) is 23.3. The highest BCUT2D eigenvalue weighted by atomic mass is 32.1. The largest absolute Gasteiger partial charge is 0.494 e. The van der Waals surface area contributed by atoms with E-state index in [-0.39, 0.29) is 11.0 Å². The van der Waals surface area contributed by atoms with Crippen molar-refractivity contribution in [3.05, 3.63) is 84.4 Å². The summed E-state index contributed by atoms with van der Waals surface area (Å²) in [4.78, 5) is 12.6. The first-order valence-corrected chi connectivity index (χ1v) is 11.3. The quantitative estimate of drug-likeness (QED) is 0.291. The Bertz CT molecular complexity index is 1040. The second-order valence-electron chi connectivity index (χ2n) is 7.18. The molecule has 0 heterocycles. The van der Waals surface area contributed by atoms with Gasteiger partial charge in [-0.1, -0.05) is 43.7 Å². The molecule has 0 fully saturated rings. The molecule has 3 aromatic carbocycles. The number of thiocarbonyl (C=S) groups is 1. The Balaban J connectivity index is 1.46. The van der Waals surface area contributed by atoms with E-state index in [1.165, 1.54) is 0 Å². The minimum absolute atomic E-state index is 0.202. The Morgan fingerprint density at radius 2 is 1.42 bits per heavy atom. The third-order valence-corrected chi connectivity index (χ3v) is 4.75. The number of hydrogen-bond donors (Lipinski definition) is 2. The molecule has 3 rings (SSSR count). The standard InChI is InChI=1S/C26H28N2O4S/c1-2-3-15-30-24-14-8-10-21(19-24)27-26(33)28-25(29)20-9-7-13-23(18-20)32-17-16-31-22-11-5-4-6-12-22/h4-14,18-19H,2-3,15-17H2,1H3,(H2,27,28,29,33). The zero-order valence-corrected chi connectivity index (χ0v) is 19.4. The Hall–Kier alpha value is -3.58. The number of carbonyl (C=O) groups excluding carboxylic acids is 1. The molecule has 3 aromatic rings. The van der Waals surface area contributed by atoms with Crippen LogP contribution in [0, 0.1) is 0 Å². The number of ether oxygens (including phenoxy) is 3. The lowest BCUT2D eigenvalue weighted by Gasteiger charge is -2.12. The van der Waals surface area contributed by atoms with Gasteiger partial charge in [0, 0.05) is 17.3 Å². The third-order valence-electron chi connectivity index (χ3n) is 4.55. The second-order valence-corrected chi connectivity index (χ2v) is 7.58. The lowest BCUT2D eigenvalue weighted by molar-refractivity contribution is 0.0977. The summed E-state index contributed by atoms with van der Waals surface area (Å²) in [5, 5.41) is 5.91. The van der Waals surface area contributed by atoms with Crippen molar-refractivity contribution in [3.8, 4) is 17.2 Å². The van der Waals surface area contributed by atoms with Gasteiger partial charge < -0.3 is 19.5 Å². The molecule has 0 bridgehead atoms. The molecule has 0 aliphatic carbocycles. The molecule has 1 amide bonds. The number of unbranched alkanes of at least 4 members (excludes halogenated alkanes) is 1. The molecular formula is C26H28N2O4S. The van der Waals surface area contributed by atoms with Crippen molar-refractivity contribution >= 4 is 28.9 Å². The summed E-state index contributed by atoms with van der Waals surface area (Å²) in [5.74, 6) is 1.79. The van der Waals surface area contributed by atoms with Gasteiger partial charge in [-0.15, -0.1) is 0 Å². The van der Waals surface area contributed by atoms with Gasteiger partial charge in [0.15, 0.2) is 5.11 Å². The maximum Gasteiger partial charge on any atom is 0.257 e. The van der Waals surface area contributed by atoms with Crippen molar-refractivity contribution in [3.63, 3.8) is 0 Å². The summed E-state index contributed by atoms with van der Waals surface area (Å²) < 4.78 is 17.0. The van der Waals surface area contributed by atoms with Crippen molar-refractivity contribution in [1.82, 2.24) is 5.32 Å². The molecule has 0 radical (unpaired) electrons. The monoisotopic (exact) mass is 464 g/mol. The molecule has 172 valence electrons. The molecule has 33 heavy (non-hydrogen) atoms. The van der Waals surface area contributed by atoms with E-state index < -0.39 is 0 Å². The zero-order valence-electron chi connectivity index (χ0n) is 18.6. The van der Waals surface area contributed by atoms with E-state index in [9.17, 15) is 4.79 Å². The summed E-state index contributed by atoms with van der Waals surface area (Å²) in [6, 6.07) is 23.9. The number of benzene rings is 3. The van der Waals surface area contributed by atoms with Gasteiger partial charge in [0.05, 0.1) is 6.61 Å². The van der Waals surface area contributed by atoms with Crippen LogP contribution in [-0.2, 0) is 0 Å². The molecular weight excluding hydrogens is 436 g/mol. The highest BCUT2D eigenvalue weighted by Gasteiger charge is 2.10. The molecule has 0 spiro atoms. The molecule has 2 N–H and O–H groups in total. The van der Waals surface area contributed by atoms with Crippen LogP contribution in [0.2, 0.25) is 0 Å². The Kier molecular flexibility index (Phi) is 9.54. The molecule has 6 nitrogen and oxygen atoms in total. The molecule has 7 heteroatoms. The minimum atomic E-state index is -0.325. The summed E-state index contributed by atoms with van der Waals surface area (Å²) in [6.07, 6.45) is 2.07. The van der Waals surface area contributed by atoms with Gasteiger partial charge in [-0.2, -0.15) is 0 Å². The van der Waals surface area contributed by atoms with Crippen LogP contribution in [-0.4, -0.2) is 30.8 Å². The van der Waals surface area contributed by atoms with Crippen LogP contribution in [0.4, 0.5) is 5.69 Å². The predicted molar refractivity (Wildman–Crippen MR) is 134 cm³/mol. The van der Waals surface area contributed by atoms with Crippen LogP contribution in [0.3, 0.4) is 0 Å². The SMILES string of the molecule is CCCCOc1cccc(NC(=S)NC(=O)c2cccc(OCCOc3ccccc3)c2)c1. The molecule has 0 saturated heterocycles. The van der Waals surface area contributed by atoms with Crippen molar-refractivity contribution in [1.29, 1.82) is 0 Å². The fraction of sp³-hybridized carbons (Fsp3) is 0.231. The van der Waals surface area contributed by atoms with Gasteiger partial charge in [-0.3, -0.25) is 10.1 Å². The first-order chi connectivity index (χ1) is 16.1. The second kappa shape index (κ2) is 13.1. The number of hydrogen-bond acceptors (Lipinski definition) is 5. The van der Waals surface area contributed by atoms with Gasteiger partial charge in [0.2, 0.25) is 0 Å². The maximum atomic E-state index is 12.6. The number of rotatable bonds is 11. The van der Waals surface area contributed by atoms with E-state index in [0.29, 0.717) is 31.1 Å². The van der Waals surface area contributed by atoms with Gasteiger partial charge in [-0.25, -0.2) is 0 Å². The van der Waals surface area contributed by atoms with Gasteiger partial charge in [0.25, 0.3) is 5.91 Å². The smallest absolute Gasteiger partial charge is 0.257 e. The van der Waals surface area contributed by atoms with Crippen LogP contribution in [0.25, 0.3) is 0 Å². The minimum Gasteiger partial charge on any atom is -0.494 e. The first kappa shape index (κ1) is 24.1. The average Bonchev–Trinajstić information content (AvgIpc) is 2.83. The van der Waals surface area contributed by atoms with Crippen molar-refractivity contribution in [2.75, 3.05) is 25.1 Å². The van der Waals surface area contributed by atoms with E-state index in [4.69, 9.17) is 26.4 Å². The normalized spacial score (nSPS) is 10.2. The molecule has 0 atom stereocenters. The number of anilines is 1. The van der Waals surface area contributed by atoms with Crippen LogP contribution >= 0.6 is 12.2 Å². The van der Waals surface area contributed by atoms with Crippen LogP contribution < -0.4 is 24.8 Å². The molecule has 0 aliphatic rings. The van der Waals surface area contributed by atoms with Crippen LogP contribution in [0.15, 0.2) is 78.9 Å². The first-order valence-electron chi connectivity index (χ1n) is 10.9. The molecule has 0 saturated carbocycles. The Morgan fingerprint density at radius 3 is 2.18 bits per heavy atom. The third kappa shape index (κ3) is 8.46. The van der Waals surface area contributed by atoms with Gasteiger partial charge >= 0.3 is 0 Å². The van der Waals surface area contributed by atoms with Crippen LogP contribution in [0.5, 0.6) is 17.2 Å². The average molecular weight is 465 g/mol.